The van der Waals surface area contributed by atoms with Crippen molar-refractivity contribution in [2.45, 2.75) is 37.3 Å². The Morgan fingerprint density at radius 3 is 2.44 bits per heavy atom. The van der Waals surface area contributed by atoms with Gasteiger partial charge in [-0.3, -0.25) is 0 Å². The van der Waals surface area contributed by atoms with E-state index in [4.69, 9.17) is 4.74 Å². The van der Waals surface area contributed by atoms with Gasteiger partial charge < -0.3 is 4.74 Å². The molecule has 1 aromatic rings. The molecule has 16 heavy (non-hydrogen) atoms. The van der Waals surface area contributed by atoms with Gasteiger partial charge >= 0.3 is 0 Å². The molecule has 1 fully saturated rings. The molecule has 0 radical (unpaired) electrons. The molecule has 2 rings (SSSR count). The van der Waals surface area contributed by atoms with E-state index >= 15 is 0 Å². The molecule has 88 valence electrons. The maximum atomic E-state index is 5.53. The molecule has 0 N–H and O–H groups in total. The maximum absolute atomic E-state index is 5.53. The van der Waals surface area contributed by atoms with Crippen molar-refractivity contribution >= 4 is 8.58 Å². The summed E-state index contributed by atoms with van der Waals surface area (Å²) in [5.74, 6) is 1.08. The Morgan fingerprint density at radius 2 is 1.81 bits per heavy atom. The molecule has 0 heterocycles. The molecule has 1 aromatic carbocycles. The molecule has 0 bridgehead atoms. The fourth-order valence-electron chi connectivity index (χ4n) is 2.85. The highest BCUT2D eigenvalue weighted by Gasteiger charge is 2.34. The van der Waals surface area contributed by atoms with Gasteiger partial charge in [-0.2, -0.15) is 0 Å². The minimum atomic E-state index is 0.408. The first kappa shape index (κ1) is 11.9. The number of benzene rings is 1. The van der Waals surface area contributed by atoms with E-state index in [9.17, 15) is 0 Å². The van der Waals surface area contributed by atoms with Crippen LogP contribution in [0.1, 0.15) is 37.7 Å². The zero-order valence-corrected chi connectivity index (χ0v) is 11.3. The minimum Gasteiger partial charge on any atom is -0.496 e. The van der Waals surface area contributed by atoms with Crippen LogP contribution in [0.3, 0.4) is 0 Å². The number of rotatable bonds is 3. The van der Waals surface area contributed by atoms with Crippen molar-refractivity contribution in [3.8, 4) is 5.75 Å². The Hall–Kier alpha value is -0.550. The second kappa shape index (κ2) is 5.19. The Morgan fingerprint density at radius 1 is 1.12 bits per heavy atom. The monoisotopic (exact) mass is 236 g/mol. The maximum Gasteiger partial charge on any atom is 0.122 e. The summed E-state index contributed by atoms with van der Waals surface area (Å²) in [5.41, 5.74) is 1.44. The van der Waals surface area contributed by atoms with Gasteiger partial charge in [-0.05, 0) is 25.6 Å². The lowest BCUT2D eigenvalue weighted by Gasteiger charge is -2.37. The standard InChI is InChI=1S/C14H21OP/c1-15-13-9-5-4-8-12(13)14(16-2)10-6-3-7-11-14/h4-5,8-9,16H,3,6-7,10-11H2,1-2H3. The van der Waals surface area contributed by atoms with Crippen LogP contribution in [0, 0.1) is 0 Å². The van der Waals surface area contributed by atoms with Gasteiger partial charge in [0.1, 0.15) is 5.75 Å². The van der Waals surface area contributed by atoms with Crippen molar-refractivity contribution in [3.63, 3.8) is 0 Å². The molecule has 1 saturated carbocycles. The first-order valence-electron chi connectivity index (χ1n) is 6.15. The van der Waals surface area contributed by atoms with Crippen LogP contribution in [0.4, 0.5) is 0 Å². The lowest BCUT2D eigenvalue weighted by molar-refractivity contribution is 0.368. The first-order chi connectivity index (χ1) is 7.82. The van der Waals surface area contributed by atoms with Crippen LogP contribution in [0.2, 0.25) is 0 Å². The molecular formula is C14H21OP. The summed E-state index contributed by atoms with van der Waals surface area (Å²) in [6.07, 6.45) is 6.82. The van der Waals surface area contributed by atoms with E-state index < -0.39 is 0 Å². The van der Waals surface area contributed by atoms with Crippen LogP contribution in [-0.4, -0.2) is 13.8 Å². The topological polar surface area (TPSA) is 9.23 Å². The van der Waals surface area contributed by atoms with E-state index in [0.29, 0.717) is 5.16 Å². The summed E-state index contributed by atoms with van der Waals surface area (Å²) >= 11 is 0. The summed E-state index contributed by atoms with van der Waals surface area (Å²) in [4.78, 5) is 0. The van der Waals surface area contributed by atoms with Gasteiger partial charge in [-0.25, -0.2) is 0 Å². The highest BCUT2D eigenvalue weighted by atomic mass is 31.1. The largest absolute Gasteiger partial charge is 0.496 e. The average Bonchev–Trinajstić information content (AvgIpc) is 2.39. The van der Waals surface area contributed by atoms with Gasteiger partial charge in [-0.15, -0.1) is 8.58 Å². The summed E-state index contributed by atoms with van der Waals surface area (Å²) < 4.78 is 5.53. The Bertz CT molecular complexity index is 342. The summed E-state index contributed by atoms with van der Waals surface area (Å²) in [7, 11) is 2.76. The molecule has 2 heteroatoms. The zero-order chi connectivity index (χ0) is 11.4. The van der Waals surface area contributed by atoms with E-state index in [0.717, 1.165) is 14.3 Å². The average molecular weight is 236 g/mol. The predicted octanol–water partition coefficient (Wildman–Crippen LogP) is 4.16. The van der Waals surface area contributed by atoms with Gasteiger partial charge in [-0.1, -0.05) is 37.5 Å². The Kier molecular flexibility index (Phi) is 3.86. The second-order valence-corrected chi connectivity index (χ2v) is 6.05. The first-order valence-corrected chi connectivity index (χ1v) is 7.65. The molecule has 1 aliphatic carbocycles. The fraction of sp³-hybridized carbons (Fsp3) is 0.571. The molecule has 0 aromatic heterocycles. The predicted molar refractivity (Wildman–Crippen MR) is 72.0 cm³/mol. The minimum absolute atomic E-state index is 0.408. The van der Waals surface area contributed by atoms with Crippen molar-refractivity contribution in [2.24, 2.45) is 0 Å². The highest BCUT2D eigenvalue weighted by molar-refractivity contribution is 7.38. The van der Waals surface area contributed by atoms with Crippen molar-refractivity contribution < 1.29 is 4.74 Å². The molecule has 1 atom stereocenters. The van der Waals surface area contributed by atoms with Gasteiger partial charge in [0.2, 0.25) is 0 Å². The molecule has 1 unspecified atom stereocenters. The number of para-hydroxylation sites is 1. The van der Waals surface area contributed by atoms with Gasteiger partial charge in [0, 0.05) is 10.7 Å². The lowest BCUT2D eigenvalue weighted by Crippen LogP contribution is -2.24. The third-order valence-corrected chi connectivity index (χ3v) is 5.53. The third kappa shape index (κ3) is 2.11. The number of hydrogen-bond acceptors (Lipinski definition) is 1. The third-order valence-electron chi connectivity index (χ3n) is 3.81. The number of methoxy groups -OCH3 is 1. The molecule has 1 nitrogen and oxygen atoms in total. The summed E-state index contributed by atoms with van der Waals surface area (Å²) in [6.45, 7) is 2.35. The lowest BCUT2D eigenvalue weighted by atomic mass is 9.82. The van der Waals surface area contributed by atoms with Crippen molar-refractivity contribution in [3.05, 3.63) is 29.8 Å². The number of hydrogen-bond donors (Lipinski definition) is 0. The molecular weight excluding hydrogens is 215 g/mol. The van der Waals surface area contributed by atoms with Crippen molar-refractivity contribution in [1.29, 1.82) is 0 Å². The summed E-state index contributed by atoms with van der Waals surface area (Å²) in [6, 6.07) is 8.58. The normalized spacial score (nSPS) is 20.1. The van der Waals surface area contributed by atoms with Gasteiger partial charge in [0.05, 0.1) is 7.11 Å². The molecule has 0 saturated heterocycles. The SMILES string of the molecule is COc1ccccc1C1(PC)CCCCC1. The Labute approximate surface area is 100 Å². The molecule has 0 aliphatic heterocycles. The van der Waals surface area contributed by atoms with Crippen LogP contribution in [0.5, 0.6) is 5.75 Å². The van der Waals surface area contributed by atoms with Crippen LogP contribution < -0.4 is 4.74 Å². The molecule has 1 aliphatic rings. The smallest absolute Gasteiger partial charge is 0.122 e. The van der Waals surface area contributed by atoms with Crippen molar-refractivity contribution in [2.75, 3.05) is 13.8 Å². The zero-order valence-electron chi connectivity index (χ0n) is 10.3. The molecule has 0 spiro atoms. The molecule has 0 amide bonds. The summed E-state index contributed by atoms with van der Waals surface area (Å²) in [5, 5.41) is 0.408. The Balaban J connectivity index is 2.38. The van der Waals surface area contributed by atoms with Crippen molar-refractivity contribution in [1.82, 2.24) is 0 Å². The van der Waals surface area contributed by atoms with Crippen LogP contribution in [0.25, 0.3) is 0 Å². The number of ether oxygens (including phenoxy) is 1. The van der Waals surface area contributed by atoms with Crippen LogP contribution >= 0.6 is 8.58 Å². The van der Waals surface area contributed by atoms with E-state index in [1.54, 1.807) is 7.11 Å². The quantitative estimate of drug-likeness (QED) is 0.716. The van der Waals surface area contributed by atoms with Crippen LogP contribution in [-0.2, 0) is 5.16 Å². The van der Waals surface area contributed by atoms with E-state index in [1.165, 1.54) is 37.7 Å². The van der Waals surface area contributed by atoms with E-state index in [2.05, 4.69) is 30.9 Å². The van der Waals surface area contributed by atoms with E-state index in [-0.39, 0.29) is 0 Å². The van der Waals surface area contributed by atoms with E-state index in [1.807, 2.05) is 0 Å². The highest BCUT2D eigenvalue weighted by Crippen LogP contribution is 2.52. The van der Waals surface area contributed by atoms with Gasteiger partial charge in [0.25, 0.3) is 0 Å². The van der Waals surface area contributed by atoms with Gasteiger partial charge in [0.15, 0.2) is 0 Å². The van der Waals surface area contributed by atoms with Crippen LogP contribution in [0.15, 0.2) is 24.3 Å². The second-order valence-electron chi connectivity index (χ2n) is 4.59. The fourth-order valence-corrected chi connectivity index (χ4v) is 4.18.